The number of benzene rings is 2. The van der Waals surface area contributed by atoms with Crippen LogP contribution in [0, 0.1) is 11.3 Å². The molecule has 2 aromatic rings. The second-order valence-electron chi connectivity index (χ2n) is 5.18. The number of hydrogen-bond donors (Lipinski definition) is 3. The highest BCUT2D eigenvalue weighted by atomic mass is 16.3. The van der Waals surface area contributed by atoms with Crippen LogP contribution in [-0.4, -0.2) is 11.0 Å². The van der Waals surface area contributed by atoms with E-state index in [0.29, 0.717) is 16.8 Å². The highest BCUT2D eigenvalue weighted by Gasteiger charge is 2.26. The SMILES string of the molecule is CC(O)(CC(=O)NNc1ccc(C#N)cc1)c1ccccc1. The van der Waals surface area contributed by atoms with Gasteiger partial charge in [0.25, 0.3) is 0 Å². The van der Waals surface area contributed by atoms with Crippen LogP contribution in [0.2, 0.25) is 0 Å². The molecule has 5 heteroatoms. The number of anilines is 1. The van der Waals surface area contributed by atoms with E-state index in [1.165, 1.54) is 0 Å². The predicted octanol–water partition coefficient (Wildman–Crippen LogP) is 2.30. The zero-order valence-electron chi connectivity index (χ0n) is 12.2. The van der Waals surface area contributed by atoms with Crippen molar-refractivity contribution >= 4 is 11.6 Å². The van der Waals surface area contributed by atoms with Crippen LogP contribution in [0.25, 0.3) is 0 Å². The van der Waals surface area contributed by atoms with Crippen LogP contribution >= 0.6 is 0 Å². The van der Waals surface area contributed by atoms with E-state index < -0.39 is 5.60 Å². The Morgan fingerprint density at radius 3 is 2.41 bits per heavy atom. The first-order valence-electron chi connectivity index (χ1n) is 6.84. The Kier molecular flexibility index (Phi) is 4.77. The summed E-state index contributed by atoms with van der Waals surface area (Å²) in [5.41, 5.74) is 5.93. The maximum absolute atomic E-state index is 11.9. The van der Waals surface area contributed by atoms with Crippen LogP contribution in [-0.2, 0) is 10.4 Å². The molecule has 0 fully saturated rings. The first kappa shape index (κ1) is 15.5. The molecule has 0 aliphatic rings. The zero-order chi connectivity index (χ0) is 16.0. The van der Waals surface area contributed by atoms with Crippen molar-refractivity contribution < 1.29 is 9.90 Å². The number of carbonyl (C=O) groups excluding carboxylic acids is 1. The second kappa shape index (κ2) is 6.74. The minimum atomic E-state index is -1.24. The van der Waals surface area contributed by atoms with Crippen molar-refractivity contribution in [1.82, 2.24) is 5.43 Å². The van der Waals surface area contributed by atoms with Crippen molar-refractivity contribution in [1.29, 1.82) is 5.26 Å². The normalized spacial score (nSPS) is 12.8. The predicted molar refractivity (Wildman–Crippen MR) is 83.6 cm³/mol. The number of carbonyl (C=O) groups is 1. The smallest absolute Gasteiger partial charge is 0.241 e. The quantitative estimate of drug-likeness (QED) is 0.739. The number of rotatable bonds is 5. The van der Waals surface area contributed by atoms with Gasteiger partial charge in [0.15, 0.2) is 0 Å². The molecule has 0 aliphatic carbocycles. The summed E-state index contributed by atoms with van der Waals surface area (Å²) in [6.07, 6.45) is -0.0692. The lowest BCUT2D eigenvalue weighted by Gasteiger charge is -2.23. The highest BCUT2D eigenvalue weighted by molar-refractivity contribution is 5.78. The van der Waals surface area contributed by atoms with Crippen LogP contribution in [0.5, 0.6) is 0 Å². The van der Waals surface area contributed by atoms with Gasteiger partial charge < -0.3 is 5.11 Å². The van der Waals surface area contributed by atoms with Crippen LogP contribution < -0.4 is 10.9 Å². The van der Waals surface area contributed by atoms with E-state index in [0.717, 1.165) is 0 Å². The molecule has 0 aliphatic heterocycles. The molecular weight excluding hydrogens is 278 g/mol. The molecule has 0 aromatic heterocycles. The molecule has 0 heterocycles. The number of nitrogens with zero attached hydrogens (tertiary/aromatic N) is 1. The van der Waals surface area contributed by atoms with Gasteiger partial charge in [0.1, 0.15) is 0 Å². The largest absolute Gasteiger partial charge is 0.385 e. The molecule has 0 saturated heterocycles. The summed E-state index contributed by atoms with van der Waals surface area (Å²) in [4.78, 5) is 11.9. The van der Waals surface area contributed by atoms with E-state index in [1.807, 2.05) is 24.3 Å². The first-order valence-corrected chi connectivity index (χ1v) is 6.84. The van der Waals surface area contributed by atoms with Crippen molar-refractivity contribution in [3.05, 3.63) is 65.7 Å². The average Bonchev–Trinajstić information content (AvgIpc) is 2.54. The lowest BCUT2D eigenvalue weighted by Crippen LogP contribution is -2.35. The Balaban J connectivity index is 1.91. The molecule has 112 valence electrons. The van der Waals surface area contributed by atoms with Gasteiger partial charge in [0.2, 0.25) is 5.91 Å². The van der Waals surface area contributed by atoms with Gasteiger partial charge in [0, 0.05) is 0 Å². The topological polar surface area (TPSA) is 85.2 Å². The Hall–Kier alpha value is -2.84. The van der Waals surface area contributed by atoms with E-state index in [9.17, 15) is 9.90 Å². The second-order valence-corrected chi connectivity index (χ2v) is 5.18. The Labute approximate surface area is 129 Å². The number of hydrogen-bond acceptors (Lipinski definition) is 4. The summed E-state index contributed by atoms with van der Waals surface area (Å²) >= 11 is 0. The summed E-state index contributed by atoms with van der Waals surface area (Å²) in [5, 5.41) is 19.1. The van der Waals surface area contributed by atoms with Gasteiger partial charge in [-0.1, -0.05) is 30.3 Å². The molecule has 5 nitrogen and oxygen atoms in total. The van der Waals surface area contributed by atoms with Gasteiger partial charge in [-0.05, 0) is 36.8 Å². The molecule has 1 amide bonds. The third kappa shape index (κ3) is 4.08. The van der Waals surface area contributed by atoms with Crippen LogP contribution in [0.1, 0.15) is 24.5 Å². The van der Waals surface area contributed by atoms with E-state index in [2.05, 4.69) is 10.9 Å². The molecule has 1 atom stereocenters. The van der Waals surface area contributed by atoms with Gasteiger partial charge >= 0.3 is 0 Å². The van der Waals surface area contributed by atoms with Gasteiger partial charge in [-0.2, -0.15) is 5.26 Å². The minimum Gasteiger partial charge on any atom is -0.385 e. The Morgan fingerprint density at radius 1 is 1.18 bits per heavy atom. The molecule has 0 radical (unpaired) electrons. The van der Waals surface area contributed by atoms with Crippen LogP contribution in [0.4, 0.5) is 5.69 Å². The maximum atomic E-state index is 11.9. The first-order chi connectivity index (χ1) is 10.5. The fraction of sp³-hybridized carbons (Fsp3) is 0.176. The van der Waals surface area contributed by atoms with Crippen molar-refractivity contribution in [3.8, 4) is 6.07 Å². The van der Waals surface area contributed by atoms with E-state index in [-0.39, 0.29) is 12.3 Å². The number of hydrazine groups is 1. The standard InChI is InChI=1S/C17H17N3O2/c1-17(22,14-5-3-2-4-6-14)11-16(21)20-19-15-9-7-13(12-18)8-10-15/h2-10,19,22H,11H2,1H3,(H,20,21). The van der Waals surface area contributed by atoms with Crippen molar-refractivity contribution in [3.63, 3.8) is 0 Å². The summed E-state index contributed by atoms with van der Waals surface area (Å²) in [7, 11) is 0. The Bertz CT molecular complexity index is 673. The molecule has 2 aromatic carbocycles. The molecule has 3 N–H and O–H groups in total. The Morgan fingerprint density at radius 2 is 1.82 bits per heavy atom. The number of aliphatic hydroxyl groups is 1. The molecule has 0 saturated carbocycles. The van der Waals surface area contributed by atoms with E-state index in [4.69, 9.17) is 5.26 Å². The summed E-state index contributed by atoms with van der Waals surface area (Å²) < 4.78 is 0. The van der Waals surface area contributed by atoms with Crippen LogP contribution in [0.15, 0.2) is 54.6 Å². The number of nitrogens with one attached hydrogen (secondary N) is 2. The molecule has 2 rings (SSSR count). The van der Waals surface area contributed by atoms with Crippen LogP contribution in [0.3, 0.4) is 0 Å². The molecule has 0 spiro atoms. The summed E-state index contributed by atoms with van der Waals surface area (Å²) in [6, 6.07) is 17.7. The monoisotopic (exact) mass is 295 g/mol. The maximum Gasteiger partial charge on any atom is 0.241 e. The summed E-state index contributed by atoms with van der Waals surface area (Å²) in [6.45, 7) is 1.60. The van der Waals surface area contributed by atoms with E-state index >= 15 is 0 Å². The van der Waals surface area contributed by atoms with Gasteiger partial charge in [-0.15, -0.1) is 0 Å². The van der Waals surface area contributed by atoms with Gasteiger partial charge in [-0.3, -0.25) is 15.6 Å². The molecule has 22 heavy (non-hydrogen) atoms. The lowest BCUT2D eigenvalue weighted by atomic mass is 9.92. The zero-order valence-corrected chi connectivity index (χ0v) is 12.2. The fourth-order valence-electron chi connectivity index (χ4n) is 2.03. The number of nitriles is 1. The van der Waals surface area contributed by atoms with Crippen molar-refractivity contribution in [2.24, 2.45) is 0 Å². The van der Waals surface area contributed by atoms with Crippen molar-refractivity contribution in [2.75, 3.05) is 5.43 Å². The minimum absolute atomic E-state index is 0.0692. The third-order valence-corrected chi connectivity index (χ3v) is 3.26. The lowest BCUT2D eigenvalue weighted by molar-refractivity contribution is -0.125. The highest BCUT2D eigenvalue weighted by Crippen LogP contribution is 2.23. The molecular formula is C17H17N3O2. The molecule has 1 unspecified atom stereocenters. The fourth-order valence-corrected chi connectivity index (χ4v) is 2.03. The number of amides is 1. The van der Waals surface area contributed by atoms with E-state index in [1.54, 1.807) is 43.3 Å². The van der Waals surface area contributed by atoms with Crippen molar-refractivity contribution in [2.45, 2.75) is 18.9 Å². The molecule has 0 bridgehead atoms. The van der Waals surface area contributed by atoms with Gasteiger partial charge in [-0.25, -0.2) is 0 Å². The average molecular weight is 295 g/mol. The third-order valence-electron chi connectivity index (χ3n) is 3.26. The summed E-state index contributed by atoms with van der Waals surface area (Å²) in [5.74, 6) is -0.335. The van der Waals surface area contributed by atoms with Gasteiger partial charge in [0.05, 0.1) is 29.3 Å².